The summed E-state index contributed by atoms with van der Waals surface area (Å²) in [5.74, 6) is 0.259. The number of rotatable bonds is 5. The molecule has 6 nitrogen and oxygen atoms in total. The Kier molecular flexibility index (Phi) is 5.56. The van der Waals surface area contributed by atoms with Gasteiger partial charge in [-0.05, 0) is 42.8 Å². The van der Waals surface area contributed by atoms with Crippen LogP contribution >= 0.6 is 11.6 Å². The smallest absolute Gasteiger partial charge is 0.229 e. The fourth-order valence-electron chi connectivity index (χ4n) is 3.14. The molecule has 7 heteroatoms. The molecule has 2 amide bonds. The molecule has 1 unspecified atom stereocenters. The zero-order valence-corrected chi connectivity index (χ0v) is 16.2. The molecule has 1 fully saturated rings. The number of nitrogens with zero attached hydrogens (tertiary/aromatic N) is 1. The van der Waals surface area contributed by atoms with E-state index in [2.05, 4.69) is 5.32 Å². The van der Waals surface area contributed by atoms with Gasteiger partial charge >= 0.3 is 0 Å². The lowest BCUT2D eigenvalue weighted by molar-refractivity contribution is -0.122. The predicted octanol–water partition coefficient (Wildman–Crippen LogP) is 3.66. The first-order valence-corrected chi connectivity index (χ1v) is 8.90. The number of carbonyl (C=O) groups excluding carboxylic acids is 2. The topological polar surface area (TPSA) is 67.9 Å². The van der Waals surface area contributed by atoms with Crippen LogP contribution in [0.25, 0.3) is 0 Å². The number of aryl methyl sites for hydroxylation is 1. The lowest BCUT2D eigenvalue weighted by Gasteiger charge is -2.20. The number of amides is 2. The third-order valence-electron chi connectivity index (χ3n) is 4.54. The third-order valence-corrected chi connectivity index (χ3v) is 4.78. The van der Waals surface area contributed by atoms with Crippen molar-refractivity contribution in [2.24, 2.45) is 5.92 Å². The van der Waals surface area contributed by atoms with Crippen molar-refractivity contribution in [3.8, 4) is 11.5 Å². The van der Waals surface area contributed by atoms with Crippen molar-refractivity contribution < 1.29 is 19.1 Å². The summed E-state index contributed by atoms with van der Waals surface area (Å²) in [6, 6.07) is 10.6. The van der Waals surface area contributed by atoms with Gasteiger partial charge in [0.05, 0.1) is 31.5 Å². The molecule has 0 bridgehead atoms. The molecule has 1 saturated heterocycles. The monoisotopic (exact) mass is 388 g/mol. The van der Waals surface area contributed by atoms with E-state index in [-0.39, 0.29) is 24.8 Å². The highest BCUT2D eigenvalue weighted by atomic mass is 35.5. The molecule has 142 valence electrons. The number of anilines is 2. The summed E-state index contributed by atoms with van der Waals surface area (Å²) < 4.78 is 10.6. The number of nitrogens with one attached hydrogen (secondary N) is 1. The Balaban J connectivity index is 1.79. The Morgan fingerprint density at radius 3 is 2.56 bits per heavy atom. The number of ether oxygens (including phenoxy) is 2. The Morgan fingerprint density at radius 2 is 1.85 bits per heavy atom. The molecule has 1 aliphatic heterocycles. The fraction of sp³-hybridized carbons (Fsp3) is 0.300. The van der Waals surface area contributed by atoms with Crippen LogP contribution in [0, 0.1) is 12.8 Å². The Bertz CT molecular complexity index is 884. The SMILES string of the molecule is COc1ccc(C)cc1NC(=O)C1CC(=O)N(c2cc(Cl)ccc2OC)C1. The van der Waals surface area contributed by atoms with Crippen LogP contribution in [0.1, 0.15) is 12.0 Å². The number of hydrogen-bond acceptors (Lipinski definition) is 4. The van der Waals surface area contributed by atoms with Crippen molar-refractivity contribution in [1.82, 2.24) is 0 Å². The largest absolute Gasteiger partial charge is 0.495 e. The van der Waals surface area contributed by atoms with Gasteiger partial charge in [-0.15, -0.1) is 0 Å². The second kappa shape index (κ2) is 7.88. The Labute approximate surface area is 163 Å². The van der Waals surface area contributed by atoms with Crippen molar-refractivity contribution in [1.29, 1.82) is 0 Å². The van der Waals surface area contributed by atoms with E-state index in [1.165, 1.54) is 7.11 Å². The van der Waals surface area contributed by atoms with E-state index in [4.69, 9.17) is 21.1 Å². The van der Waals surface area contributed by atoms with Crippen molar-refractivity contribution in [3.63, 3.8) is 0 Å². The molecule has 2 aromatic rings. The Hall–Kier alpha value is -2.73. The van der Waals surface area contributed by atoms with Gasteiger partial charge in [-0.3, -0.25) is 9.59 Å². The van der Waals surface area contributed by atoms with E-state index in [1.807, 2.05) is 19.1 Å². The van der Waals surface area contributed by atoms with Crippen LogP contribution in [0.15, 0.2) is 36.4 Å². The third kappa shape index (κ3) is 4.01. The maximum Gasteiger partial charge on any atom is 0.229 e. The van der Waals surface area contributed by atoms with Crippen LogP contribution in [0.3, 0.4) is 0 Å². The summed E-state index contributed by atoms with van der Waals surface area (Å²) in [6.07, 6.45) is 0.121. The minimum atomic E-state index is -0.480. The molecule has 1 atom stereocenters. The molecule has 1 heterocycles. The van der Waals surface area contributed by atoms with Crippen LogP contribution in [-0.4, -0.2) is 32.6 Å². The number of methoxy groups -OCH3 is 2. The molecule has 0 saturated carbocycles. The van der Waals surface area contributed by atoms with Gasteiger partial charge in [0.2, 0.25) is 11.8 Å². The van der Waals surface area contributed by atoms with E-state index >= 15 is 0 Å². The number of halogens is 1. The summed E-state index contributed by atoms with van der Waals surface area (Å²) in [4.78, 5) is 26.8. The summed E-state index contributed by atoms with van der Waals surface area (Å²) in [5, 5.41) is 3.37. The molecule has 1 N–H and O–H groups in total. The highest BCUT2D eigenvalue weighted by Crippen LogP contribution is 2.36. The average molecular weight is 389 g/mol. The first-order valence-electron chi connectivity index (χ1n) is 8.52. The van der Waals surface area contributed by atoms with Gasteiger partial charge in [0.1, 0.15) is 11.5 Å². The minimum Gasteiger partial charge on any atom is -0.495 e. The quantitative estimate of drug-likeness (QED) is 0.848. The normalized spacial score (nSPS) is 16.4. The summed E-state index contributed by atoms with van der Waals surface area (Å²) in [5.41, 5.74) is 2.16. The highest BCUT2D eigenvalue weighted by Gasteiger charge is 2.36. The Morgan fingerprint density at radius 1 is 1.15 bits per heavy atom. The molecule has 0 radical (unpaired) electrons. The fourth-order valence-corrected chi connectivity index (χ4v) is 3.31. The molecule has 0 aromatic heterocycles. The minimum absolute atomic E-state index is 0.121. The molecule has 3 rings (SSSR count). The zero-order valence-electron chi connectivity index (χ0n) is 15.4. The predicted molar refractivity (Wildman–Crippen MR) is 105 cm³/mol. The molecule has 2 aromatic carbocycles. The summed E-state index contributed by atoms with van der Waals surface area (Å²) in [7, 11) is 3.08. The van der Waals surface area contributed by atoms with Gasteiger partial charge < -0.3 is 19.7 Å². The van der Waals surface area contributed by atoms with Gasteiger partial charge in [-0.25, -0.2) is 0 Å². The molecule has 1 aliphatic rings. The first kappa shape index (κ1) is 19.0. The van der Waals surface area contributed by atoms with Gasteiger partial charge in [-0.2, -0.15) is 0 Å². The highest BCUT2D eigenvalue weighted by molar-refractivity contribution is 6.31. The van der Waals surface area contributed by atoms with Crippen molar-refractivity contribution >= 4 is 34.8 Å². The van der Waals surface area contributed by atoms with Crippen LogP contribution in [0.5, 0.6) is 11.5 Å². The van der Waals surface area contributed by atoms with Crippen molar-refractivity contribution in [2.45, 2.75) is 13.3 Å². The number of hydrogen-bond donors (Lipinski definition) is 1. The molecular weight excluding hydrogens is 368 g/mol. The van der Waals surface area contributed by atoms with E-state index < -0.39 is 5.92 Å². The van der Waals surface area contributed by atoms with Crippen LogP contribution < -0.4 is 19.7 Å². The second-order valence-corrected chi connectivity index (χ2v) is 6.85. The standard InChI is InChI=1S/C20H21ClN2O4/c1-12-4-6-17(26-2)15(8-12)22-20(25)13-9-19(24)23(11-13)16-10-14(21)5-7-18(16)27-3/h4-8,10,13H,9,11H2,1-3H3,(H,22,25). The van der Waals surface area contributed by atoms with Crippen molar-refractivity contribution in [3.05, 3.63) is 47.0 Å². The van der Waals surface area contributed by atoms with Gasteiger partial charge in [0, 0.05) is 18.0 Å². The van der Waals surface area contributed by atoms with Gasteiger partial charge in [-0.1, -0.05) is 17.7 Å². The number of benzene rings is 2. The van der Waals surface area contributed by atoms with Crippen LogP contribution in [0.4, 0.5) is 11.4 Å². The lowest BCUT2D eigenvalue weighted by Crippen LogP contribution is -2.28. The number of carbonyl (C=O) groups is 2. The van der Waals surface area contributed by atoms with E-state index in [9.17, 15) is 9.59 Å². The maximum atomic E-state index is 12.7. The summed E-state index contributed by atoms with van der Waals surface area (Å²) in [6.45, 7) is 2.19. The van der Waals surface area contributed by atoms with Crippen molar-refractivity contribution in [2.75, 3.05) is 31.0 Å². The first-order chi connectivity index (χ1) is 12.9. The molecule has 0 aliphatic carbocycles. The zero-order chi connectivity index (χ0) is 19.6. The van der Waals surface area contributed by atoms with Crippen LogP contribution in [-0.2, 0) is 9.59 Å². The van der Waals surface area contributed by atoms with E-state index in [0.29, 0.717) is 27.9 Å². The molecule has 0 spiro atoms. The van der Waals surface area contributed by atoms with Gasteiger partial charge in [0.25, 0.3) is 0 Å². The van der Waals surface area contributed by atoms with E-state index in [1.54, 1.807) is 36.3 Å². The van der Waals surface area contributed by atoms with Gasteiger partial charge in [0.15, 0.2) is 0 Å². The molecule has 27 heavy (non-hydrogen) atoms. The maximum absolute atomic E-state index is 12.7. The second-order valence-electron chi connectivity index (χ2n) is 6.41. The molecular formula is C20H21ClN2O4. The van der Waals surface area contributed by atoms with E-state index in [0.717, 1.165) is 5.56 Å². The summed E-state index contributed by atoms with van der Waals surface area (Å²) >= 11 is 6.07. The lowest BCUT2D eigenvalue weighted by atomic mass is 10.1. The average Bonchev–Trinajstić information content (AvgIpc) is 3.03. The van der Waals surface area contributed by atoms with Crippen LogP contribution in [0.2, 0.25) is 5.02 Å².